The Morgan fingerprint density at radius 3 is 2.32 bits per heavy atom. The van der Waals surface area contributed by atoms with Crippen molar-refractivity contribution in [2.24, 2.45) is 22.2 Å². The van der Waals surface area contributed by atoms with Crippen LogP contribution in [0.15, 0.2) is 17.5 Å². The lowest BCUT2D eigenvalue weighted by atomic mass is 10.1. The van der Waals surface area contributed by atoms with E-state index in [0.717, 1.165) is 0 Å². The van der Waals surface area contributed by atoms with E-state index in [9.17, 15) is 24.3 Å². The number of carbonyl (C=O) groups is 4. The van der Waals surface area contributed by atoms with Crippen LogP contribution >= 0.6 is 0 Å². The van der Waals surface area contributed by atoms with Gasteiger partial charge in [-0.3, -0.25) is 19.4 Å². The minimum atomic E-state index is -1.27. The highest BCUT2D eigenvalue weighted by molar-refractivity contribution is 5.92. The Kier molecular flexibility index (Phi) is 10.5. The number of aliphatic carboxylic acids is 2. The summed E-state index contributed by atoms with van der Waals surface area (Å²) in [6.45, 7) is 0.184. The van der Waals surface area contributed by atoms with Crippen LogP contribution in [0.2, 0.25) is 0 Å². The van der Waals surface area contributed by atoms with Crippen LogP contribution in [0.4, 0.5) is 0 Å². The number of aliphatic imine (C=N–C) groups is 1. The first-order chi connectivity index (χ1) is 14.6. The number of aromatic nitrogens is 2. The van der Waals surface area contributed by atoms with Crippen LogP contribution < -0.4 is 27.8 Å². The van der Waals surface area contributed by atoms with Crippen LogP contribution in [0.5, 0.6) is 0 Å². The number of hydrogen-bond acceptors (Lipinski definition) is 7. The van der Waals surface area contributed by atoms with Crippen LogP contribution in [0.25, 0.3) is 0 Å². The van der Waals surface area contributed by atoms with E-state index < -0.39 is 41.9 Å². The van der Waals surface area contributed by atoms with Crippen LogP contribution in [0, 0.1) is 0 Å². The van der Waals surface area contributed by atoms with Crippen molar-refractivity contribution in [3.05, 3.63) is 18.2 Å². The first-order valence-corrected chi connectivity index (χ1v) is 9.43. The van der Waals surface area contributed by atoms with Gasteiger partial charge in [-0.15, -0.1) is 0 Å². The third-order valence-electron chi connectivity index (χ3n) is 4.18. The Labute approximate surface area is 177 Å². The Morgan fingerprint density at radius 2 is 1.77 bits per heavy atom. The maximum Gasteiger partial charge on any atom is 0.326 e. The minimum Gasteiger partial charge on any atom is -0.481 e. The molecule has 11 N–H and O–H groups in total. The molecule has 14 heteroatoms. The van der Waals surface area contributed by atoms with Gasteiger partial charge in [-0.25, -0.2) is 9.78 Å². The molecule has 0 spiro atoms. The fourth-order valence-corrected chi connectivity index (χ4v) is 2.55. The van der Waals surface area contributed by atoms with Gasteiger partial charge in [-0.1, -0.05) is 0 Å². The van der Waals surface area contributed by atoms with E-state index in [2.05, 4.69) is 25.6 Å². The summed E-state index contributed by atoms with van der Waals surface area (Å²) in [5, 5.41) is 22.9. The van der Waals surface area contributed by atoms with Crippen molar-refractivity contribution < 1.29 is 29.4 Å². The van der Waals surface area contributed by atoms with Gasteiger partial charge >= 0.3 is 11.9 Å². The van der Waals surface area contributed by atoms with Gasteiger partial charge in [0.1, 0.15) is 12.1 Å². The van der Waals surface area contributed by atoms with Gasteiger partial charge in [0.25, 0.3) is 0 Å². The predicted octanol–water partition coefficient (Wildman–Crippen LogP) is -2.75. The zero-order valence-electron chi connectivity index (χ0n) is 16.8. The second kappa shape index (κ2) is 12.8. The molecule has 0 aromatic carbocycles. The topological polar surface area (TPSA) is 252 Å². The molecule has 0 aliphatic carbocycles. The Balaban J connectivity index is 2.82. The molecule has 1 aromatic rings. The first-order valence-electron chi connectivity index (χ1n) is 9.43. The summed E-state index contributed by atoms with van der Waals surface area (Å²) < 4.78 is 0. The Morgan fingerprint density at radius 1 is 1.10 bits per heavy atom. The summed E-state index contributed by atoms with van der Waals surface area (Å²) >= 11 is 0. The molecule has 2 amide bonds. The lowest BCUT2D eigenvalue weighted by Gasteiger charge is -2.22. The molecule has 0 aliphatic heterocycles. The molecule has 31 heavy (non-hydrogen) atoms. The number of nitrogens with two attached hydrogens (primary N) is 3. The number of amides is 2. The van der Waals surface area contributed by atoms with Crippen LogP contribution in [-0.4, -0.2) is 74.6 Å². The summed E-state index contributed by atoms with van der Waals surface area (Å²) in [6.07, 6.45) is 2.71. The van der Waals surface area contributed by atoms with Gasteiger partial charge in [-0.2, -0.15) is 0 Å². The molecule has 0 saturated carbocycles. The number of rotatable bonds is 14. The molecule has 0 radical (unpaired) electrons. The van der Waals surface area contributed by atoms with Gasteiger partial charge in [0, 0.05) is 31.3 Å². The number of nitrogens with zero attached hydrogens (tertiary/aromatic N) is 2. The largest absolute Gasteiger partial charge is 0.481 e. The molecule has 0 bridgehead atoms. The van der Waals surface area contributed by atoms with Crippen molar-refractivity contribution in [2.75, 3.05) is 6.54 Å². The standard InChI is InChI=1S/C17H28N8O6/c18-10(3-4-13(26)27)14(28)24-11(2-1-5-22-17(19)20)15(29)25-12(16(30)31)6-9-7-21-8-23-9/h7-8,10-12H,1-6,18H2,(H,21,23)(H,24,28)(H,25,29)(H,26,27)(H,30,31)(H4,19,20,22)/t10-,11-,12-/m0/s1. The van der Waals surface area contributed by atoms with Gasteiger partial charge in [0.05, 0.1) is 12.4 Å². The summed E-state index contributed by atoms with van der Waals surface area (Å²) in [7, 11) is 0. The lowest BCUT2D eigenvalue weighted by molar-refractivity contribution is -0.142. The van der Waals surface area contributed by atoms with E-state index in [1.54, 1.807) is 0 Å². The number of carboxylic acids is 2. The van der Waals surface area contributed by atoms with Crippen molar-refractivity contribution in [1.82, 2.24) is 20.6 Å². The van der Waals surface area contributed by atoms with E-state index in [0.29, 0.717) is 12.1 Å². The number of carbonyl (C=O) groups excluding carboxylic acids is 2. The highest BCUT2D eigenvalue weighted by Gasteiger charge is 2.28. The first kappa shape index (κ1) is 25.4. The van der Waals surface area contributed by atoms with Crippen molar-refractivity contribution in [3.8, 4) is 0 Å². The van der Waals surface area contributed by atoms with Crippen LogP contribution in [0.3, 0.4) is 0 Å². The van der Waals surface area contributed by atoms with E-state index in [1.165, 1.54) is 12.5 Å². The second-order valence-electron chi connectivity index (χ2n) is 6.73. The van der Waals surface area contributed by atoms with Crippen molar-refractivity contribution in [2.45, 2.75) is 50.2 Å². The molecule has 0 unspecified atom stereocenters. The lowest BCUT2D eigenvalue weighted by Crippen LogP contribution is -2.54. The van der Waals surface area contributed by atoms with Gasteiger partial charge in [0.15, 0.2) is 5.96 Å². The third kappa shape index (κ3) is 10.1. The van der Waals surface area contributed by atoms with E-state index >= 15 is 0 Å². The molecule has 0 saturated heterocycles. The van der Waals surface area contributed by atoms with Crippen molar-refractivity contribution in [3.63, 3.8) is 0 Å². The number of nitrogens with one attached hydrogen (secondary N) is 3. The molecular weight excluding hydrogens is 412 g/mol. The summed E-state index contributed by atoms with van der Waals surface area (Å²) in [6, 6.07) is -3.55. The molecule has 1 rings (SSSR count). The number of aromatic amines is 1. The molecular formula is C17H28N8O6. The quantitative estimate of drug-likeness (QED) is 0.0840. The molecule has 1 heterocycles. The van der Waals surface area contributed by atoms with E-state index in [-0.39, 0.29) is 38.2 Å². The van der Waals surface area contributed by atoms with E-state index in [1.807, 2.05) is 0 Å². The molecule has 14 nitrogen and oxygen atoms in total. The Hall–Kier alpha value is -3.68. The fraction of sp³-hybridized carbons (Fsp3) is 0.529. The third-order valence-corrected chi connectivity index (χ3v) is 4.18. The van der Waals surface area contributed by atoms with Gasteiger partial charge in [-0.05, 0) is 19.3 Å². The van der Waals surface area contributed by atoms with Crippen LogP contribution in [0.1, 0.15) is 31.4 Å². The molecule has 172 valence electrons. The number of H-pyrrole nitrogens is 1. The summed E-state index contributed by atoms with van der Waals surface area (Å²) in [4.78, 5) is 57.5. The van der Waals surface area contributed by atoms with Crippen LogP contribution in [-0.2, 0) is 25.6 Å². The second-order valence-corrected chi connectivity index (χ2v) is 6.73. The SMILES string of the molecule is NC(N)=NCCC[C@H](NC(=O)[C@@H](N)CCC(=O)O)C(=O)N[C@@H](Cc1cnc[nH]1)C(=O)O. The summed E-state index contributed by atoms with van der Waals surface area (Å²) in [5.41, 5.74) is 16.7. The number of guanidine groups is 1. The zero-order valence-corrected chi connectivity index (χ0v) is 16.8. The minimum absolute atomic E-state index is 0.0478. The van der Waals surface area contributed by atoms with Crippen molar-refractivity contribution in [1.29, 1.82) is 0 Å². The fourth-order valence-electron chi connectivity index (χ4n) is 2.55. The van der Waals surface area contributed by atoms with Crippen molar-refractivity contribution >= 4 is 29.7 Å². The smallest absolute Gasteiger partial charge is 0.326 e. The monoisotopic (exact) mass is 440 g/mol. The molecule has 0 aliphatic rings. The average molecular weight is 440 g/mol. The number of imidazole rings is 1. The Bertz CT molecular complexity index is 778. The average Bonchev–Trinajstić information content (AvgIpc) is 3.20. The highest BCUT2D eigenvalue weighted by atomic mass is 16.4. The van der Waals surface area contributed by atoms with Gasteiger partial charge < -0.3 is 43.0 Å². The number of carboxylic acid groups (broad SMARTS) is 2. The van der Waals surface area contributed by atoms with E-state index in [4.69, 9.17) is 22.3 Å². The van der Waals surface area contributed by atoms with Gasteiger partial charge in [0.2, 0.25) is 11.8 Å². The number of hydrogen-bond donors (Lipinski definition) is 8. The molecule has 1 aromatic heterocycles. The normalized spacial score (nSPS) is 13.5. The predicted molar refractivity (Wildman–Crippen MR) is 109 cm³/mol. The molecule has 3 atom stereocenters. The maximum absolute atomic E-state index is 12.7. The highest BCUT2D eigenvalue weighted by Crippen LogP contribution is 2.04. The zero-order chi connectivity index (χ0) is 23.4. The molecule has 0 fully saturated rings. The summed E-state index contributed by atoms with van der Waals surface area (Å²) in [5.74, 6) is -3.99. The maximum atomic E-state index is 12.7.